The van der Waals surface area contributed by atoms with Gasteiger partial charge in [-0.15, -0.1) is 0 Å². The van der Waals surface area contributed by atoms with Crippen LogP contribution < -0.4 is 0 Å². The Labute approximate surface area is 116 Å². The molecule has 0 spiro atoms. The van der Waals surface area contributed by atoms with Crippen LogP contribution in [0.5, 0.6) is 0 Å². The molecule has 0 unspecified atom stereocenters. The second-order valence-electron chi connectivity index (χ2n) is 4.35. The zero-order chi connectivity index (χ0) is 14.5. The molecule has 0 aliphatic rings. The van der Waals surface area contributed by atoms with E-state index in [1.54, 1.807) is 25.1 Å². The molecule has 0 bridgehead atoms. The van der Waals surface area contributed by atoms with Gasteiger partial charge >= 0.3 is 0 Å². The minimum atomic E-state index is -0.422. The molecule has 0 atom stereocenters. The summed E-state index contributed by atoms with van der Waals surface area (Å²) < 4.78 is 27.2. The van der Waals surface area contributed by atoms with E-state index in [2.05, 4.69) is 5.16 Å². The average molecular weight is 275 g/mol. The molecule has 0 heterocycles. The molecule has 0 aliphatic heterocycles. The summed E-state index contributed by atoms with van der Waals surface area (Å²) in [4.78, 5) is 4.80. The first-order valence-electron chi connectivity index (χ1n) is 6.33. The topological polar surface area (TPSA) is 21.6 Å². The molecule has 2 aromatic rings. The summed E-state index contributed by atoms with van der Waals surface area (Å²) in [5.74, 6) is -0.761. The Morgan fingerprint density at radius 3 is 2.65 bits per heavy atom. The molecule has 0 saturated heterocycles. The second kappa shape index (κ2) is 6.28. The van der Waals surface area contributed by atoms with E-state index in [1.807, 2.05) is 6.92 Å². The van der Waals surface area contributed by atoms with E-state index >= 15 is 0 Å². The quantitative estimate of drug-likeness (QED) is 0.602. The number of hydrogen-bond acceptors (Lipinski definition) is 2. The van der Waals surface area contributed by atoms with Crippen molar-refractivity contribution < 1.29 is 13.6 Å². The predicted molar refractivity (Wildman–Crippen MR) is 75.8 cm³/mol. The summed E-state index contributed by atoms with van der Waals surface area (Å²) in [6, 6.07) is 9.16. The third kappa shape index (κ3) is 3.20. The first kappa shape index (κ1) is 14.2. The fraction of sp³-hybridized carbons (Fsp3) is 0.188. The fourth-order valence-electron chi connectivity index (χ4n) is 1.87. The van der Waals surface area contributed by atoms with Crippen LogP contribution in [0.4, 0.5) is 8.78 Å². The van der Waals surface area contributed by atoms with Gasteiger partial charge in [0.15, 0.2) is 0 Å². The molecule has 0 saturated carbocycles. The second-order valence-corrected chi connectivity index (χ2v) is 4.35. The molecule has 104 valence electrons. The van der Waals surface area contributed by atoms with Crippen molar-refractivity contribution in [3.05, 3.63) is 59.2 Å². The zero-order valence-corrected chi connectivity index (χ0v) is 11.4. The molecule has 2 nitrogen and oxygen atoms in total. The number of nitrogens with zero attached hydrogens (tertiary/aromatic N) is 1. The van der Waals surface area contributed by atoms with Crippen LogP contribution in [0.3, 0.4) is 0 Å². The lowest BCUT2D eigenvalue weighted by Crippen LogP contribution is -1.92. The molecule has 20 heavy (non-hydrogen) atoms. The van der Waals surface area contributed by atoms with E-state index in [-0.39, 0.29) is 5.82 Å². The highest BCUT2D eigenvalue weighted by Crippen LogP contribution is 2.25. The number of aryl methyl sites for hydroxylation is 1. The molecule has 0 N–H and O–H groups in total. The molecule has 0 fully saturated rings. The van der Waals surface area contributed by atoms with Crippen molar-refractivity contribution in [1.29, 1.82) is 0 Å². The average Bonchev–Trinajstić information content (AvgIpc) is 2.43. The lowest BCUT2D eigenvalue weighted by atomic mass is 9.99. The highest BCUT2D eigenvalue weighted by molar-refractivity contribution is 5.81. The molecular formula is C16H15F2NO. The van der Waals surface area contributed by atoms with Gasteiger partial charge in [-0.2, -0.15) is 0 Å². The maximum absolute atomic E-state index is 14.0. The van der Waals surface area contributed by atoms with Crippen LogP contribution in [0, 0.1) is 18.6 Å². The van der Waals surface area contributed by atoms with Crippen LogP contribution in [-0.2, 0) is 4.84 Å². The smallest absolute Gasteiger partial charge is 0.132 e. The summed E-state index contributed by atoms with van der Waals surface area (Å²) in [5.41, 5.74) is 2.53. The summed E-state index contributed by atoms with van der Waals surface area (Å²) in [5, 5.41) is 3.63. The third-order valence-electron chi connectivity index (χ3n) is 2.91. The van der Waals surface area contributed by atoms with Crippen LogP contribution >= 0.6 is 0 Å². The van der Waals surface area contributed by atoms with Gasteiger partial charge in [-0.3, -0.25) is 0 Å². The van der Waals surface area contributed by atoms with Gasteiger partial charge in [-0.05, 0) is 54.8 Å². The number of rotatable bonds is 4. The standard InChI is InChI=1S/C16H15F2NO/c1-3-20-19-10-13-6-5-12(8-16(13)18)15-9-14(17)7-4-11(15)2/h4-10H,3H2,1-2H3/b19-10+. The van der Waals surface area contributed by atoms with Crippen LogP contribution in [0.25, 0.3) is 11.1 Å². The van der Waals surface area contributed by atoms with Crippen molar-refractivity contribution in [2.24, 2.45) is 5.16 Å². The zero-order valence-electron chi connectivity index (χ0n) is 11.4. The highest BCUT2D eigenvalue weighted by Gasteiger charge is 2.07. The molecule has 0 aromatic heterocycles. The van der Waals surface area contributed by atoms with E-state index in [9.17, 15) is 8.78 Å². The summed E-state index contributed by atoms with van der Waals surface area (Å²) in [6.07, 6.45) is 1.32. The lowest BCUT2D eigenvalue weighted by molar-refractivity contribution is 0.160. The Hall–Kier alpha value is -2.23. The summed E-state index contributed by atoms with van der Waals surface area (Å²) in [6.45, 7) is 4.08. The number of halogens is 2. The predicted octanol–water partition coefficient (Wildman–Crippen LogP) is 4.31. The maximum atomic E-state index is 14.0. The molecule has 2 aromatic carbocycles. The van der Waals surface area contributed by atoms with Gasteiger partial charge in [-0.25, -0.2) is 8.78 Å². The Bertz CT molecular complexity index is 638. The summed E-state index contributed by atoms with van der Waals surface area (Å²) >= 11 is 0. The minimum absolute atomic E-state index is 0.330. The molecule has 0 radical (unpaired) electrons. The van der Waals surface area contributed by atoms with Crippen LogP contribution in [0.15, 0.2) is 41.6 Å². The number of hydrogen-bond donors (Lipinski definition) is 0. The Kier molecular flexibility index (Phi) is 4.45. The van der Waals surface area contributed by atoms with E-state index in [4.69, 9.17) is 4.84 Å². The molecule has 2 rings (SSSR count). The molecule has 4 heteroatoms. The molecular weight excluding hydrogens is 260 g/mol. The van der Waals surface area contributed by atoms with Gasteiger partial charge in [0.05, 0.1) is 6.21 Å². The van der Waals surface area contributed by atoms with Gasteiger partial charge < -0.3 is 4.84 Å². The summed E-state index contributed by atoms with van der Waals surface area (Å²) in [7, 11) is 0. The van der Waals surface area contributed by atoms with Gasteiger partial charge in [0.25, 0.3) is 0 Å². The van der Waals surface area contributed by atoms with Gasteiger partial charge in [-0.1, -0.05) is 17.3 Å². The van der Waals surface area contributed by atoms with Crippen molar-refractivity contribution in [2.75, 3.05) is 6.61 Å². The number of oxime groups is 1. The van der Waals surface area contributed by atoms with Crippen molar-refractivity contribution in [1.82, 2.24) is 0 Å². The fourth-order valence-corrected chi connectivity index (χ4v) is 1.87. The van der Waals surface area contributed by atoms with Crippen LogP contribution in [-0.4, -0.2) is 12.8 Å². The first-order valence-corrected chi connectivity index (χ1v) is 6.33. The van der Waals surface area contributed by atoms with Crippen molar-refractivity contribution in [3.63, 3.8) is 0 Å². The van der Waals surface area contributed by atoms with E-state index in [0.717, 1.165) is 5.56 Å². The van der Waals surface area contributed by atoms with Gasteiger partial charge in [0.2, 0.25) is 0 Å². The number of benzene rings is 2. The largest absolute Gasteiger partial charge is 0.396 e. The van der Waals surface area contributed by atoms with E-state index < -0.39 is 5.82 Å². The normalized spacial score (nSPS) is 11.0. The third-order valence-corrected chi connectivity index (χ3v) is 2.91. The van der Waals surface area contributed by atoms with Crippen molar-refractivity contribution in [3.8, 4) is 11.1 Å². The minimum Gasteiger partial charge on any atom is -0.396 e. The Morgan fingerprint density at radius 2 is 1.95 bits per heavy atom. The van der Waals surface area contributed by atoms with Crippen molar-refractivity contribution >= 4 is 6.21 Å². The van der Waals surface area contributed by atoms with Gasteiger partial charge in [0, 0.05) is 5.56 Å². The Balaban J connectivity index is 2.35. The monoisotopic (exact) mass is 275 g/mol. The Morgan fingerprint density at radius 1 is 1.15 bits per heavy atom. The van der Waals surface area contributed by atoms with Crippen LogP contribution in [0.2, 0.25) is 0 Å². The lowest BCUT2D eigenvalue weighted by Gasteiger charge is -2.07. The van der Waals surface area contributed by atoms with E-state index in [0.29, 0.717) is 23.3 Å². The van der Waals surface area contributed by atoms with Gasteiger partial charge in [0.1, 0.15) is 18.2 Å². The first-order chi connectivity index (χ1) is 9.61. The molecule has 0 aliphatic carbocycles. The SMILES string of the molecule is CCO/N=C/c1ccc(-c2cc(F)ccc2C)cc1F. The maximum Gasteiger partial charge on any atom is 0.132 e. The highest BCUT2D eigenvalue weighted by atomic mass is 19.1. The van der Waals surface area contributed by atoms with Crippen molar-refractivity contribution in [2.45, 2.75) is 13.8 Å². The van der Waals surface area contributed by atoms with Crippen LogP contribution in [0.1, 0.15) is 18.1 Å². The molecule has 0 amide bonds. The van der Waals surface area contributed by atoms with E-state index in [1.165, 1.54) is 24.4 Å².